The van der Waals surface area contributed by atoms with Crippen molar-refractivity contribution in [2.24, 2.45) is 0 Å². The number of anilines is 1. The van der Waals surface area contributed by atoms with E-state index in [0.717, 1.165) is 42.4 Å². The molecule has 1 spiro atoms. The van der Waals surface area contributed by atoms with Gasteiger partial charge < -0.3 is 4.98 Å². The summed E-state index contributed by atoms with van der Waals surface area (Å²) in [4.78, 5) is 5.68. The Balaban J connectivity index is 1.42. The van der Waals surface area contributed by atoms with Crippen molar-refractivity contribution in [1.82, 2.24) is 14.2 Å². The maximum atomic E-state index is 14.0. The predicted octanol–water partition coefficient (Wildman–Crippen LogP) is 4.93. The molecule has 9 heteroatoms. The highest BCUT2D eigenvalue weighted by Gasteiger charge is 2.55. The monoisotopic (exact) mass is 469 g/mol. The largest absolute Gasteiger partial charge is 0.361 e. The van der Waals surface area contributed by atoms with Crippen molar-refractivity contribution in [3.8, 4) is 6.07 Å². The van der Waals surface area contributed by atoms with Gasteiger partial charge in [-0.05, 0) is 61.7 Å². The molecule has 33 heavy (non-hydrogen) atoms. The maximum Gasteiger partial charge on any atom is 0.125 e. The van der Waals surface area contributed by atoms with Crippen molar-refractivity contribution in [2.75, 3.05) is 24.4 Å². The fourth-order valence-corrected chi connectivity index (χ4v) is 7.33. The number of piperidine rings is 1. The first-order chi connectivity index (χ1) is 15.7. The van der Waals surface area contributed by atoms with Crippen molar-refractivity contribution in [1.29, 1.82) is 5.26 Å². The van der Waals surface area contributed by atoms with Gasteiger partial charge in [0, 0.05) is 49.8 Å². The molecule has 0 amide bonds. The molecule has 174 valence electrons. The molecular formula is C24H28FN5O2S. The van der Waals surface area contributed by atoms with Gasteiger partial charge in [0.2, 0.25) is 0 Å². The Hall–Kier alpha value is -2.61. The number of likely N-dealkylation sites (N-methyl/N-ethyl adjacent to an activating group) is 1. The molecule has 2 aliphatic rings. The maximum absolute atomic E-state index is 14.0. The molecule has 0 bridgehead atoms. The number of nitrogens with zero attached hydrogens (tertiary/aromatic N) is 4. The lowest BCUT2D eigenvalue weighted by Crippen LogP contribution is -2.57. The van der Waals surface area contributed by atoms with Gasteiger partial charge in [-0.15, -0.1) is 0 Å². The number of fused-ring (bicyclic) bond motifs is 1. The number of rotatable bonds is 3. The Morgan fingerprint density at radius 1 is 1.27 bits per heavy atom. The van der Waals surface area contributed by atoms with E-state index >= 15 is 0 Å². The van der Waals surface area contributed by atoms with Crippen LogP contribution in [-0.2, 0) is 6.54 Å². The third kappa shape index (κ3) is 3.68. The van der Waals surface area contributed by atoms with Gasteiger partial charge in [-0.3, -0.25) is 18.3 Å². The highest BCUT2D eigenvalue weighted by molar-refractivity contribution is 8.23. The second kappa shape index (κ2) is 8.01. The smallest absolute Gasteiger partial charge is 0.125 e. The molecule has 2 saturated heterocycles. The molecule has 1 aromatic heterocycles. The highest BCUT2D eigenvalue weighted by atomic mass is 32.3. The van der Waals surface area contributed by atoms with Crippen LogP contribution in [0.25, 0.3) is 10.9 Å². The first-order valence-corrected chi connectivity index (χ1v) is 12.5. The molecule has 2 fully saturated rings. The van der Waals surface area contributed by atoms with E-state index in [9.17, 15) is 18.8 Å². The van der Waals surface area contributed by atoms with Crippen molar-refractivity contribution in [2.45, 2.75) is 37.9 Å². The normalized spacial score (nSPS) is 26.7. The molecule has 3 heterocycles. The SMILES string of the molecule is C[C@H]1C[C@]2(CCN1Cc1c[nH]c3ccc(C#N)cc13)CN(C)S(O)(O)N2c1cccc(F)c1. The van der Waals surface area contributed by atoms with Gasteiger partial charge in [0.05, 0.1) is 22.9 Å². The van der Waals surface area contributed by atoms with Crippen molar-refractivity contribution >= 4 is 27.6 Å². The van der Waals surface area contributed by atoms with Gasteiger partial charge in [0.25, 0.3) is 0 Å². The Bertz CT molecular complexity index is 1240. The number of aromatic amines is 1. The summed E-state index contributed by atoms with van der Waals surface area (Å²) in [6.07, 6.45) is 3.44. The van der Waals surface area contributed by atoms with E-state index in [2.05, 4.69) is 22.9 Å². The lowest BCUT2D eigenvalue weighted by Gasteiger charge is -2.51. The van der Waals surface area contributed by atoms with Crippen LogP contribution >= 0.6 is 11.0 Å². The van der Waals surface area contributed by atoms with Gasteiger partial charge >= 0.3 is 0 Å². The summed E-state index contributed by atoms with van der Waals surface area (Å²) in [5, 5.41) is 10.3. The van der Waals surface area contributed by atoms with Gasteiger partial charge in [-0.1, -0.05) is 17.0 Å². The number of nitriles is 1. The van der Waals surface area contributed by atoms with Crippen LogP contribution in [0.15, 0.2) is 48.7 Å². The Morgan fingerprint density at radius 3 is 2.82 bits per heavy atom. The van der Waals surface area contributed by atoms with Crippen LogP contribution in [0.4, 0.5) is 10.1 Å². The van der Waals surface area contributed by atoms with Crippen molar-refractivity contribution in [3.05, 3.63) is 65.6 Å². The van der Waals surface area contributed by atoms with E-state index < -0.39 is 22.3 Å². The van der Waals surface area contributed by atoms with Gasteiger partial charge in [0.15, 0.2) is 0 Å². The molecule has 0 saturated carbocycles. The number of aromatic nitrogens is 1. The third-order valence-corrected chi connectivity index (χ3v) is 9.14. The van der Waals surface area contributed by atoms with Gasteiger partial charge in [-0.25, -0.2) is 4.39 Å². The number of benzene rings is 2. The standard InChI is InChI=1S/C24H28FN5O2S/c1-17-12-24(16-28(2)33(31,32)30(24)21-5-3-4-20(25)11-21)8-9-29(17)15-19-14-27-23-7-6-18(13-26)10-22(19)23/h3-7,10-11,14,17,27,31-32H,8-9,12,15-16H2,1-2H3/t17-,24+/m0/s1. The highest BCUT2D eigenvalue weighted by Crippen LogP contribution is 2.61. The molecule has 5 rings (SSSR count). The van der Waals surface area contributed by atoms with E-state index in [1.807, 2.05) is 24.4 Å². The van der Waals surface area contributed by atoms with Crippen molar-refractivity contribution in [3.63, 3.8) is 0 Å². The van der Waals surface area contributed by atoms with Gasteiger partial charge in [-0.2, -0.15) is 9.57 Å². The number of hydrogen-bond acceptors (Lipinski definition) is 6. The number of nitrogens with one attached hydrogen (secondary N) is 1. The van der Waals surface area contributed by atoms with Crippen LogP contribution in [0.1, 0.15) is 30.9 Å². The zero-order valence-corrected chi connectivity index (χ0v) is 19.5. The number of likely N-dealkylation sites (tertiary alicyclic amines) is 1. The van der Waals surface area contributed by atoms with Crippen LogP contribution in [0.5, 0.6) is 0 Å². The topological polar surface area (TPSA) is 89.8 Å². The average molecular weight is 470 g/mol. The fourth-order valence-electron chi connectivity index (χ4n) is 5.50. The van der Waals surface area contributed by atoms with Gasteiger partial charge in [0.1, 0.15) is 5.82 Å². The fraction of sp³-hybridized carbons (Fsp3) is 0.375. The molecule has 3 N–H and O–H groups in total. The lowest BCUT2D eigenvalue weighted by molar-refractivity contribution is 0.101. The predicted molar refractivity (Wildman–Crippen MR) is 129 cm³/mol. The number of hydrogen-bond donors (Lipinski definition) is 3. The Morgan fingerprint density at radius 2 is 2.09 bits per heavy atom. The van der Waals surface area contributed by atoms with E-state index in [1.165, 1.54) is 12.1 Å². The molecule has 2 atom stereocenters. The molecule has 0 radical (unpaired) electrons. The lowest BCUT2D eigenvalue weighted by atomic mass is 9.82. The summed E-state index contributed by atoms with van der Waals surface area (Å²) in [5.41, 5.74) is 2.79. The van der Waals surface area contributed by atoms with E-state index in [4.69, 9.17) is 0 Å². The molecule has 0 aliphatic carbocycles. The zero-order valence-electron chi connectivity index (χ0n) is 18.7. The third-order valence-electron chi connectivity index (χ3n) is 7.09. The minimum Gasteiger partial charge on any atom is -0.361 e. The van der Waals surface area contributed by atoms with Crippen LogP contribution in [0.2, 0.25) is 0 Å². The second-order valence-electron chi connectivity index (χ2n) is 9.23. The number of H-pyrrole nitrogens is 1. The summed E-state index contributed by atoms with van der Waals surface area (Å²) in [5.74, 6) is -0.394. The van der Waals surface area contributed by atoms with Crippen LogP contribution < -0.4 is 4.31 Å². The average Bonchev–Trinajstić information content (AvgIpc) is 3.25. The summed E-state index contributed by atoms with van der Waals surface area (Å²) in [6.45, 7) is 4.16. The second-order valence-corrected chi connectivity index (χ2v) is 11.2. The minimum atomic E-state index is -3.23. The molecule has 3 aromatic rings. The zero-order chi connectivity index (χ0) is 23.4. The Labute approximate surface area is 194 Å². The first-order valence-electron chi connectivity index (χ1n) is 11.0. The van der Waals surface area contributed by atoms with E-state index in [-0.39, 0.29) is 6.04 Å². The molecule has 7 nitrogen and oxygen atoms in total. The Kier molecular flexibility index (Phi) is 5.39. The molecule has 0 unspecified atom stereocenters. The van der Waals surface area contributed by atoms with Crippen LogP contribution in [0.3, 0.4) is 0 Å². The van der Waals surface area contributed by atoms with E-state index in [0.29, 0.717) is 17.8 Å². The summed E-state index contributed by atoms with van der Waals surface area (Å²) < 4.78 is 39.4. The molecule has 2 aliphatic heterocycles. The summed E-state index contributed by atoms with van der Waals surface area (Å²) in [7, 11) is -1.51. The number of halogens is 1. The molecule has 2 aromatic carbocycles. The first kappa shape index (κ1) is 22.2. The van der Waals surface area contributed by atoms with Crippen LogP contribution in [0, 0.1) is 17.1 Å². The summed E-state index contributed by atoms with van der Waals surface area (Å²) in [6, 6.07) is 14.1. The quantitative estimate of drug-likeness (QED) is 0.504. The van der Waals surface area contributed by atoms with Crippen molar-refractivity contribution < 1.29 is 13.5 Å². The summed E-state index contributed by atoms with van der Waals surface area (Å²) >= 11 is 0. The van der Waals surface area contributed by atoms with Crippen LogP contribution in [-0.4, -0.2) is 55.0 Å². The van der Waals surface area contributed by atoms with E-state index in [1.54, 1.807) is 27.8 Å². The minimum absolute atomic E-state index is 0.167. The molecular weight excluding hydrogens is 441 g/mol.